The van der Waals surface area contributed by atoms with Crippen LogP contribution in [0.15, 0.2) is 24.4 Å². The Morgan fingerprint density at radius 1 is 1.40 bits per heavy atom. The number of hydrogen-bond acceptors (Lipinski definition) is 3. The number of fused-ring (bicyclic) bond motifs is 1. The van der Waals surface area contributed by atoms with Gasteiger partial charge in [-0.15, -0.1) is 0 Å². The zero-order valence-corrected chi connectivity index (χ0v) is 10.3. The van der Waals surface area contributed by atoms with Crippen molar-refractivity contribution in [2.75, 3.05) is 19.7 Å². The van der Waals surface area contributed by atoms with Crippen molar-refractivity contribution in [2.45, 2.75) is 6.18 Å². The molecule has 1 aromatic heterocycles. The van der Waals surface area contributed by atoms with E-state index in [9.17, 15) is 18.0 Å². The van der Waals surface area contributed by atoms with Crippen LogP contribution < -0.4 is 0 Å². The summed E-state index contributed by atoms with van der Waals surface area (Å²) < 4.78 is 37.3. The monoisotopic (exact) mass is 287 g/mol. The second kappa shape index (κ2) is 5.49. The maximum atomic E-state index is 12.4. The van der Waals surface area contributed by atoms with Gasteiger partial charge in [-0.3, -0.25) is 9.89 Å². The minimum absolute atomic E-state index is 0.122. The molecule has 0 saturated heterocycles. The fourth-order valence-corrected chi connectivity index (χ4v) is 1.85. The fourth-order valence-electron chi connectivity index (χ4n) is 1.85. The standard InChI is InChI=1S/C12H12F3N3O2/c13-12(14,15)7-18(3-4-19)11(20)8-1-2-10-9(5-8)6-16-17-10/h1-2,5-6,19H,3-4,7H2,(H,16,17). The SMILES string of the molecule is O=C(c1ccc2[nH]ncc2c1)N(CCO)CC(F)(F)F. The topological polar surface area (TPSA) is 69.2 Å². The minimum atomic E-state index is -4.51. The van der Waals surface area contributed by atoms with Gasteiger partial charge in [-0.25, -0.2) is 0 Å². The summed E-state index contributed by atoms with van der Waals surface area (Å²) in [6, 6.07) is 4.45. The summed E-state index contributed by atoms with van der Waals surface area (Å²) in [5.41, 5.74) is 0.808. The number of alkyl halides is 3. The highest BCUT2D eigenvalue weighted by Gasteiger charge is 2.33. The third kappa shape index (κ3) is 3.27. The number of aliphatic hydroxyl groups excluding tert-OH is 1. The lowest BCUT2D eigenvalue weighted by molar-refractivity contribution is -0.141. The van der Waals surface area contributed by atoms with Crippen molar-refractivity contribution in [1.82, 2.24) is 15.1 Å². The van der Waals surface area contributed by atoms with E-state index >= 15 is 0 Å². The molecule has 1 heterocycles. The van der Waals surface area contributed by atoms with Crippen LogP contribution in [0.25, 0.3) is 10.9 Å². The molecule has 0 radical (unpaired) electrons. The van der Waals surface area contributed by atoms with Crippen LogP contribution in [-0.4, -0.2) is 52.0 Å². The number of H-pyrrole nitrogens is 1. The molecule has 2 aromatic rings. The number of benzene rings is 1. The fraction of sp³-hybridized carbons (Fsp3) is 0.333. The molecule has 0 fully saturated rings. The number of carbonyl (C=O) groups is 1. The molecule has 5 nitrogen and oxygen atoms in total. The van der Waals surface area contributed by atoms with Crippen LogP contribution >= 0.6 is 0 Å². The van der Waals surface area contributed by atoms with Crippen molar-refractivity contribution >= 4 is 16.8 Å². The Morgan fingerprint density at radius 3 is 2.80 bits per heavy atom. The number of carbonyl (C=O) groups excluding carboxylic acids is 1. The number of aliphatic hydroxyl groups is 1. The minimum Gasteiger partial charge on any atom is -0.395 e. The van der Waals surface area contributed by atoms with E-state index in [1.54, 1.807) is 6.07 Å². The van der Waals surface area contributed by atoms with Crippen LogP contribution in [0.3, 0.4) is 0 Å². The van der Waals surface area contributed by atoms with Gasteiger partial charge in [0.15, 0.2) is 0 Å². The number of amides is 1. The number of rotatable bonds is 4. The molecule has 8 heteroatoms. The summed E-state index contributed by atoms with van der Waals surface area (Å²) in [7, 11) is 0. The first-order valence-electron chi connectivity index (χ1n) is 5.81. The van der Waals surface area contributed by atoms with Gasteiger partial charge in [0.25, 0.3) is 5.91 Å². The quantitative estimate of drug-likeness (QED) is 0.896. The smallest absolute Gasteiger partial charge is 0.395 e. The zero-order valence-electron chi connectivity index (χ0n) is 10.3. The van der Waals surface area contributed by atoms with Crippen molar-refractivity contribution in [2.24, 2.45) is 0 Å². The average Bonchev–Trinajstić information content (AvgIpc) is 2.83. The number of hydrogen-bond donors (Lipinski definition) is 2. The Morgan fingerprint density at radius 2 is 2.15 bits per heavy atom. The van der Waals surface area contributed by atoms with Gasteiger partial charge < -0.3 is 10.0 Å². The molecule has 0 saturated carbocycles. The summed E-state index contributed by atoms with van der Waals surface area (Å²) >= 11 is 0. The lowest BCUT2D eigenvalue weighted by Gasteiger charge is -2.23. The predicted molar refractivity (Wildman–Crippen MR) is 65.1 cm³/mol. The van der Waals surface area contributed by atoms with E-state index in [2.05, 4.69) is 10.2 Å². The Hall–Kier alpha value is -2.09. The van der Waals surface area contributed by atoms with Gasteiger partial charge >= 0.3 is 6.18 Å². The molecule has 0 aliphatic rings. The van der Waals surface area contributed by atoms with Gasteiger partial charge in [0, 0.05) is 17.5 Å². The van der Waals surface area contributed by atoms with Crippen molar-refractivity contribution in [1.29, 1.82) is 0 Å². The summed E-state index contributed by atoms with van der Waals surface area (Å²) in [5.74, 6) is -0.778. The molecule has 20 heavy (non-hydrogen) atoms. The first kappa shape index (κ1) is 14.3. The molecule has 2 rings (SSSR count). The summed E-state index contributed by atoms with van der Waals surface area (Å²) in [4.78, 5) is 12.6. The van der Waals surface area contributed by atoms with Crippen LogP contribution in [0.5, 0.6) is 0 Å². The van der Waals surface area contributed by atoms with Crippen molar-refractivity contribution < 1.29 is 23.1 Å². The molecule has 0 aliphatic heterocycles. The summed E-state index contributed by atoms with van der Waals surface area (Å²) in [6.45, 7) is -2.30. The van der Waals surface area contributed by atoms with E-state index in [1.165, 1.54) is 18.3 Å². The number of halogens is 3. The maximum Gasteiger partial charge on any atom is 0.406 e. The van der Waals surface area contributed by atoms with Gasteiger partial charge in [-0.05, 0) is 18.2 Å². The third-order valence-corrected chi connectivity index (χ3v) is 2.71. The van der Waals surface area contributed by atoms with E-state index in [0.29, 0.717) is 15.8 Å². The second-order valence-corrected chi connectivity index (χ2v) is 4.24. The van der Waals surface area contributed by atoms with Crippen LogP contribution in [0.1, 0.15) is 10.4 Å². The van der Waals surface area contributed by atoms with Crippen LogP contribution in [0.2, 0.25) is 0 Å². The van der Waals surface area contributed by atoms with Gasteiger partial charge in [-0.1, -0.05) is 0 Å². The molecule has 1 aromatic carbocycles. The number of aromatic amines is 1. The van der Waals surface area contributed by atoms with Crippen LogP contribution in [0.4, 0.5) is 13.2 Å². The van der Waals surface area contributed by atoms with E-state index in [0.717, 1.165) is 0 Å². The molecule has 1 amide bonds. The molecule has 0 aliphatic carbocycles. The molecule has 108 valence electrons. The number of nitrogens with zero attached hydrogens (tertiary/aromatic N) is 2. The third-order valence-electron chi connectivity index (χ3n) is 2.71. The molecule has 0 bridgehead atoms. The number of nitrogens with one attached hydrogen (secondary N) is 1. The van der Waals surface area contributed by atoms with E-state index in [-0.39, 0.29) is 12.1 Å². The largest absolute Gasteiger partial charge is 0.406 e. The Labute approximate surface area is 112 Å². The van der Waals surface area contributed by atoms with Gasteiger partial charge in [0.1, 0.15) is 6.54 Å². The molecule has 0 spiro atoms. The summed E-state index contributed by atoms with van der Waals surface area (Å²) in [5, 5.41) is 15.9. The lowest BCUT2D eigenvalue weighted by Crippen LogP contribution is -2.40. The van der Waals surface area contributed by atoms with Crippen molar-refractivity contribution in [3.63, 3.8) is 0 Å². The van der Waals surface area contributed by atoms with Gasteiger partial charge in [0.05, 0.1) is 18.3 Å². The van der Waals surface area contributed by atoms with Crippen LogP contribution in [-0.2, 0) is 0 Å². The Bertz CT molecular complexity index is 609. The van der Waals surface area contributed by atoms with Gasteiger partial charge in [-0.2, -0.15) is 18.3 Å². The van der Waals surface area contributed by atoms with E-state index in [1.807, 2.05) is 0 Å². The zero-order chi connectivity index (χ0) is 14.8. The molecule has 0 unspecified atom stereocenters. The van der Waals surface area contributed by atoms with Gasteiger partial charge in [0.2, 0.25) is 0 Å². The van der Waals surface area contributed by atoms with Crippen LogP contribution in [0, 0.1) is 0 Å². The lowest BCUT2D eigenvalue weighted by atomic mass is 10.1. The number of aromatic nitrogens is 2. The molecule has 2 N–H and O–H groups in total. The highest BCUT2D eigenvalue weighted by molar-refractivity contribution is 5.97. The Kier molecular flexibility index (Phi) is 3.93. The first-order chi connectivity index (χ1) is 9.40. The highest BCUT2D eigenvalue weighted by atomic mass is 19.4. The summed E-state index contributed by atoms with van der Waals surface area (Å²) in [6.07, 6.45) is -3.03. The van der Waals surface area contributed by atoms with E-state index < -0.39 is 25.2 Å². The average molecular weight is 287 g/mol. The van der Waals surface area contributed by atoms with Crippen molar-refractivity contribution in [3.8, 4) is 0 Å². The Balaban J connectivity index is 2.25. The molecular weight excluding hydrogens is 275 g/mol. The molecular formula is C12H12F3N3O2. The molecule has 0 atom stereocenters. The first-order valence-corrected chi connectivity index (χ1v) is 5.81. The van der Waals surface area contributed by atoms with E-state index in [4.69, 9.17) is 5.11 Å². The highest BCUT2D eigenvalue weighted by Crippen LogP contribution is 2.19. The normalized spacial score (nSPS) is 11.8. The maximum absolute atomic E-state index is 12.4. The second-order valence-electron chi connectivity index (χ2n) is 4.24. The predicted octanol–water partition coefficient (Wildman–Crippen LogP) is 1.56. The van der Waals surface area contributed by atoms with Crippen molar-refractivity contribution in [3.05, 3.63) is 30.0 Å².